The van der Waals surface area contributed by atoms with Crippen LogP contribution in [0.4, 0.5) is 8.78 Å². The summed E-state index contributed by atoms with van der Waals surface area (Å²) in [5.74, 6) is 0.248. The molecule has 1 saturated heterocycles. The van der Waals surface area contributed by atoms with Gasteiger partial charge in [-0.05, 0) is 61.3 Å². The van der Waals surface area contributed by atoms with Gasteiger partial charge in [0.15, 0.2) is 0 Å². The van der Waals surface area contributed by atoms with E-state index < -0.39 is 5.95 Å². The lowest BCUT2D eigenvalue weighted by Gasteiger charge is -2.31. The first-order valence-corrected chi connectivity index (χ1v) is 12.7. The van der Waals surface area contributed by atoms with E-state index in [9.17, 15) is 14.0 Å². The first-order valence-electron chi connectivity index (χ1n) is 12.7. The Bertz CT molecular complexity index is 1630. The topological polar surface area (TPSA) is 68.6 Å². The van der Waals surface area contributed by atoms with Gasteiger partial charge in [-0.25, -0.2) is 14.4 Å². The maximum Gasteiger partial charge on any atom is 0.231 e. The molecule has 3 aromatic carbocycles. The Balaban J connectivity index is 1.15. The quantitative estimate of drug-likeness (QED) is 0.266. The number of halogens is 2. The summed E-state index contributed by atoms with van der Waals surface area (Å²) < 4.78 is 28.0. The molecular formula is C31H25F2N5. The SMILES string of the molecule is N#Cc1cc(-c2ccccc2)c(-c2ccc(CN3CCC(c4nc5ccc(F)cc5[nH]4)CC3)cc2)nc1F. The molecule has 0 unspecified atom stereocenters. The summed E-state index contributed by atoms with van der Waals surface area (Å²) in [5, 5.41) is 9.31. The minimum atomic E-state index is -0.760. The summed E-state index contributed by atoms with van der Waals surface area (Å²) in [4.78, 5) is 14.6. The van der Waals surface area contributed by atoms with Crippen LogP contribution in [0.1, 0.15) is 35.7 Å². The molecule has 7 heteroatoms. The highest BCUT2D eigenvalue weighted by atomic mass is 19.1. The molecule has 2 aromatic heterocycles. The second kappa shape index (κ2) is 10.2. The molecular weight excluding hydrogens is 480 g/mol. The number of rotatable bonds is 5. The van der Waals surface area contributed by atoms with E-state index in [0.717, 1.165) is 66.0 Å². The molecule has 0 atom stereocenters. The minimum Gasteiger partial charge on any atom is -0.342 e. The number of imidazole rings is 1. The number of nitriles is 1. The molecule has 0 spiro atoms. The lowest BCUT2D eigenvalue weighted by Crippen LogP contribution is -2.32. The van der Waals surface area contributed by atoms with Crippen LogP contribution in [0.5, 0.6) is 0 Å². The van der Waals surface area contributed by atoms with Gasteiger partial charge in [-0.2, -0.15) is 9.65 Å². The fourth-order valence-electron chi connectivity index (χ4n) is 5.21. The molecule has 5 nitrogen and oxygen atoms in total. The Kier molecular flexibility index (Phi) is 6.40. The van der Waals surface area contributed by atoms with Gasteiger partial charge in [-0.1, -0.05) is 54.6 Å². The van der Waals surface area contributed by atoms with Crippen molar-refractivity contribution in [3.8, 4) is 28.5 Å². The summed E-state index contributed by atoms with van der Waals surface area (Å²) >= 11 is 0. The van der Waals surface area contributed by atoms with Crippen molar-refractivity contribution in [1.29, 1.82) is 5.26 Å². The molecule has 38 heavy (non-hydrogen) atoms. The van der Waals surface area contributed by atoms with Crippen molar-refractivity contribution >= 4 is 11.0 Å². The van der Waals surface area contributed by atoms with Gasteiger partial charge in [-0.15, -0.1) is 0 Å². The number of aromatic amines is 1. The second-order valence-corrected chi connectivity index (χ2v) is 9.73. The molecule has 1 fully saturated rings. The van der Waals surface area contributed by atoms with Crippen molar-refractivity contribution in [2.24, 2.45) is 0 Å². The maximum atomic E-state index is 14.5. The van der Waals surface area contributed by atoms with Crippen LogP contribution >= 0.6 is 0 Å². The van der Waals surface area contributed by atoms with Gasteiger partial charge in [0.25, 0.3) is 0 Å². The van der Waals surface area contributed by atoms with Gasteiger partial charge < -0.3 is 4.98 Å². The molecule has 1 aliphatic rings. The van der Waals surface area contributed by atoms with Crippen LogP contribution in [0.15, 0.2) is 78.9 Å². The normalized spacial score (nSPS) is 14.6. The summed E-state index contributed by atoms with van der Waals surface area (Å²) in [6.07, 6.45) is 1.96. The largest absolute Gasteiger partial charge is 0.342 e. The molecule has 188 valence electrons. The van der Waals surface area contributed by atoms with Gasteiger partial charge in [-0.3, -0.25) is 4.90 Å². The fraction of sp³-hybridized carbons (Fsp3) is 0.194. The minimum absolute atomic E-state index is 0.0672. The summed E-state index contributed by atoms with van der Waals surface area (Å²) in [7, 11) is 0. The van der Waals surface area contributed by atoms with Crippen LogP contribution in [0.2, 0.25) is 0 Å². The zero-order chi connectivity index (χ0) is 26.1. The predicted octanol–water partition coefficient (Wildman–Crippen LogP) is 6.82. The molecule has 0 saturated carbocycles. The number of nitrogens with one attached hydrogen (secondary N) is 1. The Morgan fingerprint density at radius 3 is 2.39 bits per heavy atom. The third-order valence-corrected chi connectivity index (χ3v) is 7.25. The zero-order valence-electron chi connectivity index (χ0n) is 20.7. The monoisotopic (exact) mass is 505 g/mol. The van der Waals surface area contributed by atoms with Crippen LogP contribution in [0.25, 0.3) is 33.4 Å². The number of hydrogen-bond acceptors (Lipinski definition) is 4. The third kappa shape index (κ3) is 4.79. The first-order chi connectivity index (χ1) is 18.6. The van der Waals surface area contributed by atoms with E-state index in [1.807, 2.05) is 48.5 Å². The Labute approximate surface area is 219 Å². The zero-order valence-corrected chi connectivity index (χ0v) is 20.7. The number of hydrogen-bond donors (Lipinski definition) is 1. The van der Waals surface area contributed by atoms with Gasteiger partial charge in [0.2, 0.25) is 5.95 Å². The second-order valence-electron chi connectivity index (χ2n) is 9.73. The van der Waals surface area contributed by atoms with E-state index in [-0.39, 0.29) is 11.4 Å². The lowest BCUT2D eigenvalue weighted by molar-refractivity contribution is 0.202. The molecule has 0 amide bonds. The summed E-state index contributed by atoms with van der Waals surface area (Å²) in [6, 6.07) is 25.8. The Morgan fingerprint density at radius 1 is 0.895 bits per heavy atom. The number of aromatic nitrogens is 3. The van der Waals surface area contributed by atoms with Crippen molar-refractivity contribution < 1.29 is 8.78 Å². The van der Waals surface area contributed by atoms with Crippen LogP contribution in [0.3, 0.4) is 0 Å². The van der Waals surface area contributed by atoms with E-state index >= 15 is 0 Å². The Hall–Kier alpha value is -4.41. The van der Waals surface area contributed by atoms with E-state index in [1.54, 1.807) is 12.1 Å². The molecule has 3 heterocycles. The van der Waals surface area contributed by atoms with E-state index in [4.69, 9.17) is 0 Å². The predicted molar refractivity (Wildman–Crippen MR) is 143 cm³/mol. The fourth-order valence-corrected chi connectivity index (χ4v) is 5.21. The van der Waals surface area contributed by atoms with Crippen LogP contribution in [-0.4, -0.2) is 32.9 Å². The molecule has 0 aliphatic carbocycles. The maximum absolute atomic E-state index is 14.5. The average molecular weight is 506 g/mol. The summed E-state index contributed by atoms with van der Waals surface area (Å²) in [6.45, 7) is 2.70. The van der Waals surface area contributed by atoms with Crippen molar-refractivity contribution in [2.45, 2.75) is 25.3 Å². The number of H-pyrrole nitrogens is 1. The van der Waals surface area contributed by atoms with E-state index in [2.05, 4.69) is 32.0 Å². The molecule has 0 bridgehead atoms. The smallest absolute Gasteiger partial charge is 0.231 e. The number of pyridine rings is 1. The number of fused-ring (bicyclic) bond motifs is 1. The van der Waals surface area contributed by atoms with Crippen molar-refractivity contribution in [1.82, 2.24) is 19.9 Å². The highest BCUT2D eigenvalue weighted by Gasteiger charge is 2.23. The van der Waals surface area contributed by atoms with Crippen molar-refractivity contribution in [2.75, 3.05) is 13.1 Å². The van der Waals surface area contributed by atoms with E-state index in [1.165, 1.54) is 17.7 Å². The molecule has 0 radical (unpaired) electrons. The highest BCUT2D eigenvalue weighted by molar-refractivity contribution is 5.81. The van der Waals surface area contributed by atoms with Crippen LogP contribution < -0.4 is 0 Å². The molecule has 6 rings (SSSR count). The van der Waals surface area contributed by atoms with Gasteiger partial charge in [0, 0.05) is 23.6 Å². The number of benzene rings is 3. The van der Waals surface area contributed by atoms with Crippen molar-refractivity contribution in [3.05, 3.63) is 108 Å². The van der Waals surface area contributed by atoms with Gasteiger partial charge in [0.1, 0.15) is 23.3 Å². The number of nitrogens with zero attached hydrogens (tertiary/aromatic N) is 4. The third-order valence-electron chi connectivity index (χ3n) is 7.25. The molecule has 1 N–H and O–H groups in total. The van der Waals surface area contributed by atoms with Crippen LogP contribution in [0, 0.1) is 23.1 Å². The molecule has 1 aliphatic heterocycles. The van der Waals surface area contributed by atoms with E-state index in [0.29, 0.717) is 11.6 Å². The van der Waals surface area contributed by atoms with Gasteiger partial charge in [0.05, 0.1) is 16.7 Å². The number of piperidine rings is 1. The lowest BCUT2D eigenvalue weighted by atomic mass is 9.95. The first kappa shape index (κ1) is 24.0. The molecule has 5 aromatic rings. The standard InChI is InChI=1S/C31H25F2N5/c32-25-10-11-27-28(17-25)36-31(35-27)23-12-14-38(15-13-23)19-20-6-8-22(9-7-20)29-26(21-4-2-1-3-5-21)16-24(18-34)30(33)37-29/h1-11,16-17,23H,12-15,19H2,(H,35,36). The highest BCUT2D eigenvalue weighted by Crippen LogP contribution is 2.33. The van der Waals surface area contributed by atoms with Crippen LogP contribution in [-0.2, 0) is 6.54 Å². The van der Waals surface area contributed by atoms with Gasteiger partial charge >= 0.3 is 0 Å². The summed E-state index contributed by atoms with van der Waals surface area (Å²) in [5.41, 5.74) is 5.58. The van der Waals surface area contributed by atoms with Crippen molar-refractivity contribution in [3.63, 3.8) is 0 Å². The Morgan fingerprint density at radius 2 is 1.66 bits per heavy atom. The average Bonchev–Trinajstić information content (AvgIpc) is 3.37. The number of likely N-dealkylation sites (tertiary alicyclic amines) is 1.